The van der Waals surface area contributed by atoms with Crippen molar-refractivity contribution in [1.82, 2.24) is 9.97 Å². The third kappa shape index (κ3) is 2.15. The minimum Gasteiger partial charge on any atom is -0.494 e. The van der Waals surface area contributed by atoms with E-state index in [0.717, 1.165) is 18.5 Å². The van der Waals surface area contributed by atoms with E-state index in [1.165, 1.54) is 13.2 Å². The lowest BCUT2D eigenvalue weighted by atomic mass is 9.96. The molecule has 0 amide bonds. The Morgan fingerprint density at radius 3 is 2.90 bits per heavy atom. The van der Waals surface area contributed by atoms with Gasteiger partial charge in [0, 0.05) is 18.2 Å². The highest BCUT2D eigenvalue weighted by Gasteiger charge is 2.19. The molecule has 1 aromatic heterocycles. The van der Waals surface area contributed by atoms with Crippen LogP contribution in [0, 0.1) is 5.82 Å². The molecule has 3 rings (SSSR count). The minimum absolute atomic E-state index is 0.0821. The lowest BCUT2D eigenvalue weighted by molar-refractivity contribution is 0.0971. The Labute approximate surface area is 115 Å². The zero-order chi connectivity index (χ0) is 14.1. The number of aromatic nitrogens is 2. The largest absolute Gasteiger partial charge is 0.494 e. The Hall–Kier alpha value is -2.30. The number of ether oxygens (including phenoxy) is 1. The zero-order valence-corrected chi connectivity index (χ0v) is 11.0. The average molecular weight is 272 g/mol. The lowest BCUT2D eigenvalue weighted by Crippen LogP contribution is -2.13. The highest BCUT2D eigenvalue weighted by atomic mass is 19.1. The summed E-state index contributed by atoms with van der Waals surface area (Å²) >= 11 is 0. The number of carbonyl (C=O) groups is 1. The number of aryl methyl sites for hydroxylation is 1. The molecule has 1 aromatic carbocycles. The van der Waals surface area contributed by atoms with Crippen molar-refractivity contribution in [3.05, 3.63) is 41.5 Å². The number of benzene rings is 1. The van der Waals surface area contributed by atoms with Gasteiger partial charge in [0.05, 0.1) is 18.4 Å². The van der Waals surface area contributed by atoms with Gasteiger partial charge in [0.15, 0.2) is 23.2 Å². The van der Waals surface area contributed by atoms with Gasteiger partial charge in [-0.05, 0) is 31.0 Å². The van der Waals surface area contributed by atoms with Crippen LogP contribution in [-0.2, 0) is 6.42 Å². The number of ketones is 1. The molecule has 0 saturated carbocycles. The summed E-state index contributed by atoms with van der Waals surface area (Å²) in [5.41, 5.74) is 1.92. The molecule has 1 aliphatic carbocycles. The van der Waals surface area contributed by atoms with Crippen molar-refractivity contribution < 1.29 is 13.9 Å². The summed E-state index contributed by atoms with van der Waals surface area (Å²) in [6.07, 6.45) is 3.66. The summed E-state index contributed by atoms with van der Waals surface area (Å²) in [5, 5.41) is 0. The fourth-order valence-electron chi connectivity index (χ4n) is 2.34. The second-order valence-corrected chi connectivity index (χ2v) is 4.68. The van der Waals surface area contributed by atoms with Crippen molar-refractivity contribution in [2.24, 2.45) is 0 Å². The topological polar surface area (TPSA) is 52.1 Å². The summed E-state index contributed by atoms with van der Waals surface area (Å²) in [6.45, 7) is 0. The molecule has 0 bridgehead atoms. The molecule has 0 saturated heterocycles. The molecule has 0 aliphatic heterocycles. The quantitative estimate of drug-likeness (QED) is 0.843. The van der Waals surface area contributed by atoms with Crippen LogP contribution in [0.1, 0.15) is 28.9 Å². The predicted octanol–water partition coefficient (Wildman–Crippen LogP) is 2.81. The molecule has 1 aliphatic rings. The van der Waals surface area contributed by atoms with Crippen LogP contribution in [0.5, 0.6) is 5.75 Å². The van der Waals surface area contributed by atoms with Crippen LogP contribution in [0.4, 0.5) is 4.39 Å². The monoisotopic (exact) mass is 272 g/mol. The number of rotatable bonds is 2. The van der Waals surface area contributed by atoms with Gasteiger partial charge in [-0.2, -0.15) is 0 Å². The summed E-state index contributed by atoms with van der Waals surface area (Å²) in [7, 11) is 1.42. The molecule has 20 heavy (non-hydrogen) atoms. The van der Waals surface area contributed by atoms with Crippen LogP contribution in [0.25, 0.3) is 11.4 Å². The third-order valence-electron chi connectivity index (χ3n) is 3.40. The fourth-order valence-corrected chi connectivity index (χ4v) is 2.34. The molecule has 5 heteroatoms. The molecule has 0 N–H and O–H groups in total. The van der Waals surface area contributed by atoms with Crippen molar-refractivity contribution in [2.45, 2.75) is 19.3 Å². The molecule has 0 unspecified atom stereocenters. The van der Waals surface area contributed by atoms with E-state index in [0.29, 0.717) is 23.4 Å². The van der Waals surface area contributed by atoms with E-state index in [1.54, 1.807) is 18.3 Å². The van der Waals surface area contributed by atoms with Crippen molar-refractivity contribution in [1.29, 1.82) is 0 Å². The molecule has 0 radical (unpaired) electrons. The van der Waals surface area contributed by atoms with Gasteiger partial charge in [-0.25, -0.2) is 14.4 Å². The summed E-state index contributed by atoms with van der Waals surface area (Å²) in [5.74, 6) is 0.239. The van der Waals surface area contributed by atoms with Gasteiger partial charge < -0.3 is 4.74 Å². The van der Waals surface area contributed by atoms with Gasteiger partial charge in [0.2, 0.25) is 0 Å². The average Bonchev–Trinajstić information content (AvgIpc) is 2.47. The molecular formula is C15H13FN2O2. The van der Waals surface area contributed by atoms with Crippen LogP contribution in [0.2, 0.25) is 0 Å². The smallest absolute Gasteiger partial charge is 0.166 e. The van der Waals surface area contributed by atoms with Gasteiger partial charge in [-0.15, -0.1) is 0 Å². The summed E-state index contributed by atoms with van der Waals surface area (Å²) in [6, 6.07) is 4.58. The highest BCUT2D eigenvalue weighted by Crippen LogP contribution is 2.25. The van der Waals surface area contributed by atoms with E-state index in [9.17, 15) is 9.18 Å². The normalized spacial score (nSPS) is 14.0. The van der Waals surface area contributed by atoms with Gasteiger partial charge in [0.25, 0.3) is 0 Å². The molecule has 0 spiro atoms. The summed E-state index contributed by atoms with van der Waals surface area (Å²) < 4.78 is 18.6. The number of hydrogen-bond donors (Lipinski definition) is 0. The van der Waals surface area contributed by atoms with E-state index in [4.69, 9.17) is 4.74 Å². The molecule has 1 heterocycles. The highest BCUT2D eigenvalue weighted by molar-refractivity contribution is 5.97. The Kier molecular flexibility index (Phi) is 3.18. The number of methoxy groups -OCH3 is 1. The standard InChI is InChI=1S/C15H13FN2O2/c1-20-14-6-5-9(7-11(14)16)15-17-8-10-12(18-15)3-2-4-13(10)19/h5-8H,2-4H2,1H3. The SMILES string of the molecule is COc1ccc(-c2ncc3c(n2)CCCC3=O)cc1F. The minimum atomic E-state index is -0.456. The van der Waals surface area contributed by atoms with Crippen molar-refractivity contribution in [3.8, 4) is 17.1 Å². The number of hydrogen-bond acceptors (Lipinski definition) is 4. The van der Waals surface area contributed by atoms with Crippen molar-refractivity contribution >= 4 is 5.78 Å². The molecular weight excluding hydrogens is 259 g/mol. The number of halogens is 1. The molecule has 102 valence electrons. The van der Waals surface area contributed by atoms with E-state index in [-0.39, 0.29) is 11.5 Å². The van der Waals surface area contributed by atoms with E-state index in [2.05, 4.69) is 9.97 Å². The molecule has 4 nitrogen and oxygen atoms in total. The van der Waals surface area contributed by atoms with Crippen molar-refractivity contribution in [2.75, 3.05) is 7.11 Å². The van der Waals surface area contributed by atoms with E-state index in [1.807, 2.05) is 0 Å². The van der Waals surface area contributed by atoms with Crippen LogP contribution in [0.15, 0.2) is 24.4 Å². The van der Waals surface area contributed by atoms with Gasteiger partial charge in [-0.3, -0.25) is 4.79 Å². The van der Waals surface area contributed by atoms with Crippen LogP contribution >= 0.6 is 0 Å². The number of nitrogens with zero attached hydrogens (tertiary/aromatic N) is 2. The van der Waals surface area contributed by atoms with Crippen LogP contribution in [-0.4, -0.2) is 22.9 Å². The van der Waals surface area contributed by atoms with Crippen LogP contribution in [0.3, 0.4) is 0 Å². The molecule has 0 atom stereocenters. The Balaban J connectivity index is 2.03. The Morgan fingerprint density at radius 1 is 1.30 bits per heavy atom. The Bertz CT molecular complexity index is 686. The maximum absolute atomic E-state index is 13.7. The maximum Gasteiger partial charge on any atom is 0.166 e. The number of fused-ring (bicyclic) bond motifs is 1. The second kappa shape index (κ2) is 5.00. The molecule has 2 aromatic rings. The third-order valence-corrected chi connectivity index (χ3v) is 3.40. The first-order valence-electron chi connectivity index (χ1n) is 6.42. The second-order valence-electron chi connectivity index (χ2n) is 4.68. The van der Waals surface area contributed by atoms with Gasteiger partial charge >= 0.3 is 0 Å². The first-order valence-corrected chi connectivity index (χ1v) is 6.42. The summed E-state index contributed by atoms with van der Waals surface area (Å²) in [4.78, 5) is 20.3. The van der Waals surface area contributed by atoms with Crippen LogP contribution < -0.4 is 4.74 Å². The number of carbonyl (C=O) groups excluding carboxylic acids is 1. The number of Topliss-reactive ketones (excluding diaryl/α,β-unsaturated/α-hetero) is 1. The van der Waals surface area contributed by atoms with Crippen molar-refractivity contribution in [3.63, 3.8) is 0 Å². The molecule has 0 fully saturated rings. The first-order chi connectivity index (χ1) is 9.69. The van der Waals surface area contributed by atoms with Gasteiger partial charge in [-0.1, -0.05) is 0 Å². The fraction of sp³-hybridized carbons (Fsp3) is 0.267. The Morgan fingerprint density at radius 2 is 2.15 bits per heavy atom. The maximum atomic E-state index is 13.7. The van der Waals surface area contributed by atoms with E-state index >= 15 is 0 Å². The lowest BCUT2D eigenvalue weighted by Gasteiger charge is -2.14. The predicted molar refractivity (Wildman–Crippen MR) is 71.2 cm³/mol. The van der Waals surface area contributed by atoms with Gasteiger partial charge in [0.1, 0.15) is 0 Å². The first kappa shape index (κ1) is 12.7. The zero-order valence-electron chi connectivity index (χ0n) is 11.0. The van der Waals surface area contributed by atoms with E-state index < -0.39 is 5.82 Å².